The molecule has 0 saturated carbocycles. The molecule has 0 aliphatic carbocycles. The summed E-state index contributed by atoms with van der Waals surface area (Å²) in [6.07, 6.45) is 1.01. The molecule has 1 unspecified atom stereocenters. The summed E-state index contributed by atoms with van der Waals surface area (Å²) in [5, 5.41) is 15.9. The van der Waals surface area contributed by atoms with Gasteiger partial charge in [-0.1, -0.05) is 15.9 Å². The standard InChI is InChI=1S/C12H15BrN2O2/c1-7(16)15-12-10(17)3-2-9(13)11(12)8-4-5-14-6-8/h2-3,8,14,17H,4-6H2,1H3,(H,15,16). The van der Waals surface area contributed by atoms with Gasteiger partial charge in [-0.3, -0.25) is 4.79 Å². The summed E-state index contributed by atoms with van der Waals surface area (Å²) in [4.78, 5) is 11.2. The SMILES string of the molecule is CC(=O)Nc1c(O)ccc(Br)c1C1CCNC1. The van der Waals surface area contributed by atoms with E-state index < -0.39 is 0 Å². The maximum Gasteiger partial charge on any atom is 0.221 e. The molecule has 1 saturated heterocycles. The van der Waals surface area contributed by atoms with Crippen LogP contribution >= 0.6 is 15.9 Å². The third kappa shape index (κ3) is 2.61. The minimum Gasteiger partial charge on any atom is -0.506 e. The predicted octanol–water partition coefficient (Wildman–Crippen LogP) is 2.19. The van der Waals surface area contributed by atoms with Gasteiger partial charge in [-0.15, -0.1) is 0 Å². The summed E-state index contributed by atoms with van der Waals surface area (Å²) in [6.45, 7) is 3.28. The summed E-state index contributed by atoms with van der Waals surface area (Å²) in [7, 11) is 0. The van der Waals surface area contributed by atoms with E-state index >= 15 is 0 Å². The molecule has 0 radical (unpaired) electrons. The highest BCUT2D eigenvalue weighted by Gasteiger charge is 2.24. The van der Waals surface area contributed by atoms with Gasteiger partial charge in [0, 0.05) is 23.9 Å². The Morgan fingerprint density at radius 2 is 2.35 bits per heavy atom. The van der Waals surface area contributed by atoms with Crippen LogP contribution in [0.4, 0.5) is 5.69 Å². The maximum absolute atomic E-state index is 11.2. The molecule has 1 aromatic rings. The van der Waals surface area contributed by atoms with Crippen LogP contribution in [0.15, 0.2) is 16.6 Å². The fourth-order valence-corrected chi connectivity index (χ4v) is 2.84. The highest BCUT2D eigenvalue weighted by Crippen LogP contribution is 2.40. The number of hydrogen-bond donors (Lipinski definition) is 3. The second-order valence-corrected chi connectivity index (χ2v) is 5.08. The lowest BCUT2D eigenvalue weighted by Crippen LogP contribution is -2.13. The Morgan fingerprint density at radius 3 is 2.94 bits per heavy atom. The van der Waals surface area contributed by atoms with E-state index in [-0.39, 0.29) is 11.7 Å². The summed E-state index contributed by atoms with van der Waals surface area (Å²) in [5.74, 6) is 0.259. The molecule has 0 bridgehead atoms. The first-order chi connectivity index (χ1) is 8.09. The number of aromatic hydroxyl groups is 1. The van der Waals surface area contributed by atoms with Crippen LogP contribution in [0.5, 0.6) is 5.75 Å². The van der Waals surface area contributed by atoms with Crippen molar-refractivity contribution in [3.8, 4) is 5.75 Å². The zero-order chi connectivity index (χ0) is 12.4. The van der Waals surface area contributed by atoms with Crippen molar-refractivity contribution in [3.63, 3.8) is 0 Å². The monoisotopic (exact) mass is 298 g/mol. The summed E-state index contributed by atoms with van der Waals surface area (Å²) >= 11 is 3.49. The van der Waals surface area contributed by atoms with Crippen molar-refractivity contribution >= 4 is 27.5 Å². The molecule has 5 heteroatoms. The molecule has 1 aliphatic rings. The van der Waals surface area contributed by atoms with Crippen molar-refractivity contribution < 1.29 is 9.90 Å². The van der Waals surface area contributed by atoms with Crippen LogP contribution in [0.2, 0.25) is 0 Å². The molecular formula is C12H15BrN2O2. The molecule has 92 valence electrons. The van der Waals surface area contributed by atoms with Gasteiger partial charge in [0.25, 0.3) is 0 Å². The average Bonchev–Trinajstić information content (AvgIpc) is 2.76. The normalized spacial score (nSPS) is 19.3. The van der Waals surface area contributed by atoms with Gasteiger partial charge in [-0.2, -0.15) is 0 Å². The van der Waals surface area contributed by atoms with Crippen LogP contribution in [-0.2, 0) is 4.79 Å². The number of nitrogens with one attached hydrogen (secondary N) is 2. The number of carbonyl (C=O) groups is 1. The molecule has 1 heterocycles. The number of rotatable bonds is 2. The van der Waals surface area contributed by atoms with Crippen LogP contribution in [0.3, 0.4) is 0 Å². The van der Waals surface area contributed by atoms with Crippen LogP contribution in [0, 0.1) is 0 Å². The van der Waals surface area contributed by atoms with E-state index in [1.165, 1.54) is 6.92 Å². The largest absolute Gasteiger partial charge is 0.506 e. The first-order valence-electron chi connectivity index (χ1n) is 5.59. The van der Waals surface area contributed by atoms with Crippen molar-refractivity contribution in [2.45, 2.75) is 19.3 Å². The molecular weight excluding hydrogens is 284 g/mol. The van der Waals surface area contributed by atoms with E-state index in [4.69, 9.17) is 0 Å². The molecule has 0 aromatic heterocycles. The molecule has 4 nitrogen and oxygen atoms in total. The van der Waals surface area contributed by atoms with Gasteiger partial charge in [0.2, 0.25) is 5.91 Å². The predicted molar refractivity (Wildman–Crippen MR) is 70.3 cm³/mol. The first kappa shape index (κ1) is 12.4. The number of phenols is 1. The zero-order valence-electron chi connectivity index (χ0n) is 9.59. The molecule has 0 spiro atoms. The van der Waals surface area contributed by atoms with Gasteiger partial charge in [0.05, 0.1) is 5.69 Å². The minimum absolute atomic E-state index is 0.116. The van der Waals surface area contributed by atoms with Crippen molar-refractivity contribution in [3.05, 3.63) is 22.2 Å². The Hall–Kier alpha value is -1.07. The Kier molecular flexibility index (Phi) is 3.69. The van der Waals surface area contributed by atoms with Crippen molar-refractivity contribution in [2.75, 3.05) is 18.4 Å². The number of phenolic OH excluding ortho intramolecular Hbond substituents is 1. The molecule has 1 fully saturated rings. The Morgan fingerprint density at radius 1 is 1.59 bits per heavy atom. The highest BCUT2D eigenvalue weighted by atomic mass is 79.9. The topological polar surface area (TPSA) is 61.4 Å². The van der Waals surface area contributed by atoms with Crippen molar-refractivity contribution in [1.82, 2.24) is 5.32 Å². The summed E-state index contributed by atoms with van der Waals surface area (Å²) in [5.41, 5.74) is 1.51. The highest BCUT2D eigenvalue weighted by molar-refractivity contribution is 9.10. The van der Waals surface area contributed by atoms with Gasteiger partial charge < -0.3 is 15.7 Å². The van der Waals surface area contributed by atoms with Gasteiger partial charge >= 0.3 is 0 Å². The number of halogens is 1. The second kappa shape index (κ2) is 5.06. The molecule has 17 heavy (non-hydrogen) atoms. The molecule has 3 N–H and O–H groups in total. The van der Waals surface area contributed by atoms with Gasteiger partial charge in [-0.05, 0) is 30.7 Å². The molecule has 1 aromatic carbocycles. The fraction of sp³-hybridized carbons (Fsp3) is 0.417. The Balaban J connectivity index is 2.45. The van der Waals surface area contributed by atoms with Crippen molar-refractivity contribution in [2.24, 2.45) is 0 Å². The summed E-state index contributed by atoms with van der Waals surface area (Å²) in [6, 6.07) is 3.40. The first-order valence-corrected chi connectivity index (χ1v) is 6.38. The van der Waals surface area contributed by atoms with Crippen LogP contribution in [-0.4, -0.2) is 24.1 Å². The van der Waals surface area contributed by atoms with E-state index in [1.807, 2.05) is 6.07 Å². The smallest absolute Gasteiger partial charge is 0.221 e. The molecule has 2 rings (SSSR count). The molecule has 1 atom stereocenters. The van der Waals surface area contributed by atoms with Gasteiger partial charge in [0.15, 0.2) is 0 Å². The lowest BCUT2D eigenvalue weighted by atomic mass is 9.96. The molecule has 1 aliphatic heterocycles. The van der Waals surface area contributed by atoms with Crippen LogP contribution in [0.25, 0.3) is 0 Å². The number of hydrogen-bond acceptors (Lipinski definition) is 3. The second-order valence-electron chi connectivity index (χ2n) is 4.23. The van der Waals surface area contributed by atoms with Crippen LogP contribution in [0.1, 0.15) is 24.8 Å². The zero-order valence-corrected chi connectivity index (χ0v) is 11.2. The van der Waals surface area contributed by atoms with E-state index in [0.29, 0.717) is 11.6 Å². The van der Waals surface area contributed by atoms with E-state index in [1.54, 1.807) is 6.07 Å². The fourth-order valence-electron chi connectivity index (χ4n) is 2.19. The van der Waals surface area contributed by atoms with E-state index in [9.17, 15) is 9.90 Å². The quantitative estimate of drug-likeness (QED) is 0.734. The van der Waals surface area contributed by atoms with Crippen molar-refractivity contribution in [1.29, 1.82) is 0 Å². The van der Waals surface area contributed by atoms with E-state index in [2.05, 4.69) is 26.6 Å². The third-order valence-corrected chi connectivity index (χ3v) is 3.63. The van der Waals surface area contributed by atoms with Crippen LogP contribution < -0.4 is 10.6 Å². The number of carbonyl (C=O) groups excluding carboxylic acids is 1. The Labute approximate surface area is 109 Å². The lowest BCUT2D eigenvalue weighted by molar-refractivity contribution is -0.114. The van der Waals surface area contributed by atoms with Gasteiger partial charge in [-0.25, -0.2) is 0 Å². The number of amides is 1. The summed E-state index contributed by atoms with van der Waals surface area (Å²) < 4.78 is 0.924. The van der Waals surface area contributed by atoms with E-state index in [0.717, 1.165) is 29.5 Å². The third-order valence-electron chi connectivity index (χ3n) is 2.94. The lowest BCUT2D eigenvalue weighted by Gasteiger charge is -2.18. The number of benzene rings is 1. The average molecular weight is 299 g/mol. The minimum atomic E-state index is -0.175. The maximum atomic E-state index is 11.2. The number of anilines is 1. The molecule has 1 amide bonds. The van der Waals surface area contributed by atoms with Gasteiger partial charge in [0.1, 0.15) is 5.75 Å². The Bertz CT molecular complexity index is 442.